The molecule has 0 aliphatic heterocycles. The highest BCUT2D eigenvalue weighted by Gasteiger charge is 2.46. The van der Waals surface area contributed by atoms with Crippen molar-refractivity contribution < 1.29 is 0 Å². The molecule has 2 heteroatoms. The van der Waals surface area contributed by atoms with Gasteiger partial charge < -0.3 is 4.90 Å². The van der Waals surface area contributed by atoms with Gasteiger partial charge in [-0.05, 0) is 120 Å². The van der Waals surface area contributed by atoms with Crippen LogP contribution in [-0.4, -0.2) is 0 Å². The van der Waals surface area contributed by atoms with Gasteiger partial charge in [-0.2, -0.15) is 0 Å². The molecule has 0 spiro atoms. The summed E-state index contributed by atoms with van der Waals surface area (Å²) in [7, 11) is 0. The fourth-order valence-electron chi connectivity index (χ4n) is 12.1. The maximum atomic E-state index is 2.52. The summed E-state index contributed by atoms with van der Waals surface area (Å²) in [5.74, 6) is 0. The average molecular weight is 946 g/mol. The molecule has 0 bridgehead atoms. The van der Waals surface area contributed by atoms with E-state index in [1.807, 2.05) is 11.3 Å². The Morgan fingerprint density at radius 3 is 1.55 bits per heavy atom. The van der Waals surface area contributed by atoms with E-state index in [0.717, 1.165) is 33.8 Å². The molecule has 1 aromatic heterocycles. The van der Waals surface area contributed by atoms with Crippen LogP contribution in [0.1, 0.15) is 22.3 Å². The molecule has 1 heterocycles. The topological polar surface area (TPSA) is 3.24 Å². The molecule has 0 atom stereocenters. The van der Waals surface area contributed by atoms with Crippen LogP contribution >= 0.6 is 11.3 Å². The first kappa shape index (κ1) is 42.8. The monoisotopic (exact) mass is 945 g/mol. The molecule has 73 heavy (non-hydrogen) atoms. The van der Waals surface area contributed by atoms with Gasteiger partial charge in [-0.3, -0.25) is 0 Å². The molecule has 14 rings (SSSR count). The molecule has 0 amide bonds. The Labute approximate surface area is 430 Å². The zero-order valence-electron chi connectivity index (χ0n) is 40.0. The van der Waals surface area contributed by atoms with Crippen molar-refractivity contribution >= 4 is 59.3 Å². The van der Waals surface area contributed by atoms with E-state index < -0.39 is 5.41 Å². The van der Waals surface area contributed by atoms with E-state index in [2.05, 4.69) is 290 Å². The van der Waals surface area contributed by atoms with Crippen LogP contribution < -0.4 is 4.90 Å². The Hall–Kier alpha value is -9.08. The van der Waals surface area contributed by atoms with Crippen LogP contribution in [0.4, 0.5) is 17.1 Å². The molecular formula is C71H47NS. The number of rotatable bonds is 9. The lowest BCUT2D eigenvalue weighted by molar-refractivity contribution is 0.769. The Morgan fingerprint density at radius 2 is 0.795 bits per heavy atom. The highest BCUT2D eigenvalue weighted by Crippen LogP contribution is 2.57. The largest absolute Gasteiger partial charge is 0.309 e. The molecule has 342 valence electrons. The third kappa shape index (κ3) is 6.90. The molecular weight excluding hydrogens is 899 g/mol. The van der Waals surface area contributed by atoms with Crippen molar-refractivity contribution in [1.29, 1.82) is 0 Å². The summed E-state index contributed by atoms with van der Waals surface area (Å²) >= 11 is 1.87. The summed E-state index contributed by atoms with van der Waals surface area (Å²) in [6, 6.07) is 106. The zero-order chi connectivity index (χ0) is 48.3. The average Bonchev–Trinajstić information content (AvgIpc) is 4.00. The second kappa shape index (κ2) is 17.6. The van der Waals surface area contributed by atoms with E-state index in [-0.39, 0.29) is 0 Å². The summed E-state index contributed by atoms with van der Waals surface area (Å²) in [5, 5.41) is 5.04. The van der Waals surface area contributed by atoms with Crippen molar-refractivity contribution in [1.82, 2.24) is 0 Å². The van der Waals surface area contributed by atoms with Crippen molar-refractivity contribution in [3.05, 3.63) is 307 Å². The van der Waals surface area contributed by atoms with Crippen LogP contribution in [0.15, 0.2) is 285 Å². The van der Waals surface area contributed by atoms with Gasteiger partial charge in [0.2, 0.25) is 0 Å². The number of thiophene rings is 1. The molecule has 1 aliphatic carbocycles. The molecule has 0 saturated carbocycles. The van der Waals surface area contributed by atoms with Gasteiger partial charge in [0.05, 0.1) is 16.8 Å². The molecule has 1 nitrogen and oxygen atoms in total. The van der Waals surface area contributed by atoms with Crippen molar-refractivity contribution in [2.75, 3.05) is 4.90 Å². The summed E-state index contributed by atoms with van der Waals surface area (Å²) in [6.45, 7) is 0. The third-order valence-electron chi connectivity index (χ3n) is 15.2. The van der Waals surface area contributed by atoms with Crippen molar-refractivity contribution in [2.45, 2.75) is 5.41 Å². The smallest absolute Gasteiger partial charge is 0.0713 e. The highest BCUT2D eigenvalue weighted by molar-refractivity contribution is 7.25. The standard InChI is InChI=1S/C71H47NS/c1-4-22-48(23-5-1)56-36-19-24-49-25-20-38-61(69(49)56)60-34-12-16-41-66(60)72(54-31-18-26-50(46-54)57-37-21-43-68-70(57)62-35-13-17-42-67(62)73-68)65-40-15-11-32-55(65)51-44-45-59-58-33-10-14-39-63(58)71(64(59)47-51,52-27-6-2-7-28-52)53-29-8-3-9-30-53/h1-47H. The molecule has 12 aromatic carbocycles. The maximum absolute atomic E-state index is 2.52. The predicted molar refractivity (Wildman–Crippen MR) is 311 cm³/mol. The minimum Gasteiger partial charge on any atom is -0.309 e. The Balaban J connectivity index is 1.03. The minimum atomic E-state index is -0.530. The number of anilines is 3. The number of hydrogen-bond donors (Lipinski definition) is 0. The van der Waals surface area contributed by atoms with E-state index >= 15 is 0 Å². The Morgan fingerprint density at radius 1 is 0.288 bits per heavy atom. The quantitative estimate of drug-likeness (QED) is 0.139. The van der Waals surface area contributed by atoms with Gasteiger partial charge in [0.15, 0.2) is 0 Å². The van der Waals surface area contributed by atoms with E-state index in [1.54, 1.807) is 0 Å². The first-order chi connectivity index (χ1) is 36.2. The summed E-state index contributed by atoms with van der Waals surface area (Å²) < 4.78 is 2.60. The second-order valence-corrected chi connectivity index (χ2v) is 20.1. The number of benzene rings is 12. The van der Waals surface area contributed by atoms with Crippen molar-refractivity contribution in [2.24, 2.45) is 0 Å². The van der Waals surface area contributed by atoms with Crippen LogP contribution in [0, 0.1) is 0 Å². The van der Waals surface area contributed by atoms with Gasteiger partial charge in [0, 0.05) is 37.0 Å². The minimum absolute atomic E-state index is 0.530. The molecule has 1 aliphatic rings. The Bertz CT molecular complexity index is 4160. The fraction of sp³-hybridized carbons (Fsp3) is 0.0141. The van der Waals surface area contributed by atoms with Gasteiger partial charge >= 0.3 is 0 Å². The molecule has 0 saturated heterocycles. The normalized spacial score (nSPS) is 12.5. The van der Waals surface area contributed by atoms with Crippen LogP contribution in [0.2, 0.25) is 0 Å². The van der Waals surface area contributed by atoms with Gasteiger partial charge in [0.1, 0.15) is 0 Å². The van der Waals surface area contributed by atoms with E-state index in [9.17, 15) is 0 Å². The van der Waals surface area contributed by atoms with Gasteiger partial charge in [0.25, 0.3) is 0 Å². The van der Waals surface area contributed by atoms with Gasteiger partial charge in [-0.1, -0.05) is 243 Å². The molecule has 0 N–H and O–H groups in total. The van der Waals surface area contributed by atoms with Gasteiger partial charge in [-0.15, -0.1) is 11.3 Å². The number of nitrogens with zero attached hydrogens (tertiary/aromatic N) is 1. The first-order valence-corrected chi connectivity index (χ1v) is 26.0. The zero-order valence-corrected chi connectivity index (χ0v) is 40.8. The molecule has 0 fully saturated rings. The van der Waals surface area contributed by atoms with Crippen LogP contribution in [-0.2, 0) is 5.41 Å². The lowest BCUT2D eigenvalue weighted by Crippen LogP contribution is -2.28. The maximum Gasteiger partial charge on any atom is 0.0713 e. The van der Waals surface area contributed by atoms with Gasteiger partial charge in [-0.25, -0.2) is 0 Å². The predicted octanol–water partition coefficient (Wildman–Crippen LogP) is 19.7. The summed E-state index contributed by atoms with van der Waals surface area (Å²) in [5.41, 5.74) is 19.8. The van der Waals surface area contributed by atoms with E-state index in [1.165, 1.54) is 92.1 Å². The number of para-hydroxylation sites is 2. The number of fused-ring (bicyclic) bond motifs is 7. The van der Waals surface area contributed by atoms with Crippen LogP contribution in [0.25, 0.3) is 86.6 Å². The first-order valence-electron chi connectivity index (χ1n) is 25.2. The van der Waals surface area contributed by atoms with Crippen molar-refractivity contribution in [3.8, 4) is 55.6 Å². The Kier molecular flexibility index (Phi) is 10.3. The van der Waals surface area contributed by atoms with Crippen LogP contribution in [0.5, 0.6) is 0 Å². The summed E-state index contributed by atoms with van der Waals surface area (Å²) in [6.07, 6.45) is 0. The fourth-order valence-corrected chi connectivity index (χ4v) is 13.2. The van der Waals surface area contributed by atoms with E-state index in [4.69, 9.17) is 0 Å². The molecule has 0 unspecified atom stereocenters. The molecule has 0 radical (unpaired) electrons. The second-order valence-electron chi connectivity index (χ2n) is 19.1. The number of hydrogen-bond acceptors (Lipinski definition) is 2. The SMILES string of the molecule is c1ccc(-c2cccc3cccc(-c4ccccc4N(c4cccc(-c5cccc6sc7ccccc7c56)c4)c4ccccc4-c4ccc5c(c4)C(c4ccccc4)(c4ccccc4)c4ccccc4-5)c23)cc1. The van der Waals surface area contributed by atoms with E-state index in [0.29, 0.717) is 0 Å². The highest BCUT2D eigenvalue weighted by atomic mass is 32.1. The lowest BCUT2D eigenvalue weighted by atomic mass is 9.67. The van der Waals surface area contributed by atoms with Crippen LogP contribution in [0.3, 0.4) is 0 Å². The lowest BCUT2D eigenvalue weighted by Gasteiger charge is -2.34. The summed E-state index contributed by atoms with van der Waals surface area (Å²) in [4.78, 5) is 2.52. The molecule has 13 aromatic rings. The van der Waals surface area contributed by atoms with Crippen molar-refractivity contribution in [3.63, 3.8) is 0 Å². The third-order valence-corrected chi connectivity index (χ3v) is 16.3.